The predicted octanol–water partition coefficient (Wildman–Crippen LogP) is 3.39. The van der Waals surface area contributed by atoms with Gasteiger partial charge in [0.15, 0.2) is 0 Å². The summed E-state index contributed by atoms with van der Waals surface area (Å²) in [7, 11) is 2.16. The first-order chi connectivity index (χ1) is 10.0. The molecule has 0 saturated heterocycles. The topological polar surface area (TPSA) is 54.2 Å². The summed E-state index contributed by atoms with van der Waals surface area (Å²) in [4.78, 5) is 6.96. The first kappa shape index (κ1) is 15.7. The van der Waals surface area contributed by atoms with Gasteiger partial charge in [-0.15, -0.1) is 0 Å². The highest BCUT2D eigenvalue weighted by atomic mass is 15.3. The zero-order valence-electron chi connectivity index (χ0n) is 13.4. The Balaban J connectivity index is 2.24. The molecule has 0 radical (unpaired) electrons. The maximum absolute atomic E-state index is 5.64. The highest BCUT2D eigenvalue weighted by Crippen LogP contribution is 2.22. The van der Waals surface area contributed by atoms with Crippen LogP contribution in [0.3, 0.4) is 0 Å². The second kappa shape index (κ2) is 6.87. The highest BCUT2D eigenvalue weighted by Gasteiger charge is 2.14. The van der Waals surface area contributed by atoms with Crippen molar-refractivity contribution in [2.45, 2.75) is 39.8 Å². The fourth-order valence-corrected chi connectivity index (χ4v) is 2.69. The fraction of sp³-hybridized carbons (Fsp3) is 0.471. The molecule has 0 aliphatic carbocycles. The molecular formula is C17H26N4. The quantitative estimate of drug-likeness (QED) is 0.631. The maximum Gasteiger partial charge on any atom is 0.145 e. The van der Waals surface area contributed by atoms with Gasteiger partial charge >= 0.3 is 0 Å². The number of pyridine rings is 1. The minimum Gasteiger partial charge on any atom is -0.308 e. The van der Waals surface area contributed by atoms with Gasteiger partial charge in [-0.1, -0.05) is 32.0 Å². The van der Waals surface area contributed by atoms with Crippen molar-refractivity contribution in [2.24, 2.45) is 11.8 Å². The van der Waals surface area contributed by atoms with E-state index in [2.05, 4.69) is 55.3 Å². The van der Waals surface area contributed by atoms with Gasteiger partial charge < -0.3 is 5.43 Å². The van der Waals surface area contributed by atoms with Crippen LogP contribution in [0, 0.1) is 5.92 Å². The second-order valence-electron chi connectivity index (χ2n) is 6.23. The summed E-state index contributed by atoms with van der Waals surface area (Å²) in [5, 5.41) is 1.15. The van der Waals surface area contributed by atoms with Gasteiger partial charge in [0.1, 0.15) is 5.82 Å². The Hall–Kier alpha value is -1.65. The minimum atomic E-state index is 0.530. The number of para-hydroxylation sites is 1. The van der Waals surface area contributed by atoms with E-state index < -0.39 is 0 Å². The standard InChI is InChI=1S/C17H26N4/c1-12(2)9-13(3)21(4)11-15-10-14-7-5-6-8-16(14)19-17(15)20-18/h5-8,10,12-13H,9,11,18H2,1-4H3,(H,19,20). The van der Waals surface area contributed by atoms with Crippen molar-refractivity contribution in [3.8, 4) is 0 Å². The molecule has 0 spiro atoms. The van der Waals surface area contributed by atoms with Crippen LogP contribution in [0.5, 0.6) is 0 Å². The molecule has 0 aliphatic rings. The average molecular weight is 286 g/mol. The number of hydrazine groups is 1. The van der Waals surface area contributed by atoms with Crippen LogP contribution in [0.4, 0.5) is 5.82 Å². The van der Waals surface area contributed by atoms with Crippen molar-refractivity contribution < 1.29 is 0 Å². The Bertz CT molecular complexity index is 594. The Morgan fingerprint density at radius 1 is 1.24 bits per heavy atom. The third kappa shape index (κ3) is 3.93. The van der Waals surface area contributed by atoms with E-state index in [0.29, 0.717) is 12.0 Å². The number of nitrogens with two attached hydrogens (primary N) is 1. The van der Waals surface area contributed by atoms with Gasteiger partial charge in [-0.05, 0) is 38.4 Å². The maximum atomic E-state index is 5.64. The van der Waals surface area contributed by atoms with Crippen LogP contribution >= 0.6 is 0 Å². The van der Waals surface area contributed by atoms with E-state index in [0.717, 1.165) is 28.8 Å². The van der Waals surface area contributed by atoms with Gasteiger partial charge in [0.25, 0.3) is 0 Å². The molecule has 4 heteroatoms. The van der Waals surface area contributed by atoms with Crippen molar-refractivity contribution in [1.82, 2.24) is 9.88 Å². The molecule has 21 heavy (non-hydrogen) atoms. The van der Waals surface area contributed by atoms with E-state index in [4.69, 9.17) is 5.84 Å². The number of anilines is 1. The molecule has 0 amide bonds. The van der Waals surface area contributed by atoms with Crippen LogP contribution in [0.1, 0.15) is 32.8 Å². The van der Waals surface area contributed by atoms with Crippen molar-refractivity contribution >= 4 is 16.7 Å². The molecule has 2 aromatic rings. The van der Waals surface area contributed by atoms with Crippen molar-refractivity contribution in [2.75, 3.05) is 12.5 Å². The van der Waals surface area contributed by atoms with E-state index in [9.17, 15) is 0 Å². The van der Waals surface area contributed by atoms with Crippen LogP contribution in [-0.2, 0) is 6.54 Å². The van der Waals surface area contributed by atoms with Gasteiger partial charge in [-0.3, -0.25) is 4.90 Å². The van der Waals surface area contributed by atoms with Gasteiger partial charge in [-0.2, -0.15) is 0 Å². The summed E-state index contributed by atoms with van der Waals surface area (Å²) in [6, 6.07) is 10.8. The van der Waals surface area contributed by atoms with E-state index in [-0.39, 0.29) is 0 Å². The second-order valence-corrected chi connectivity index (χ2v) is 6.23. The number of rotatable bonds is 6. The smallest absolute Gasteiger partial charge is 0.145 e. The monoisotopic (exact) mass is 286 g/mol. The molecule has 0 bridgehead atoms. The lowest BCUT2D eigenvalue weighted by atomic mass is 10.0. The Morgan fingerprint density at radius 2 is 1.95 bits per heavy atom. The lowest BCUT2D eigenvalue weighted by molar-refractivity contribution is 0.221. The molecule has 0 fully saturated rings. The third-order valence-electron chi connectivity index (χ3n) is 3.92. The first-order valence-electron chi connectivity index (χ1n) is 7.56. The van der Waals surface area contributed by atoms with Crippen LogP contribution < -0.4 is 11.3 Å². The van der Waals surface area contributed by atoms with Crippen molar-refractivity contribution in [3.05, 3.63) is 35.9 Å². The molecule has 0 aliphatic heterocycles. The Kier molecular flexibility index (Phi) is 5.15. The number of nitrogens with one attached hydrogen (secondary N) is 1. The summed E-state index contributed by atoms with van der Waals surface area (Å²) in [6.45, 7) is 7.62. The summed E-state index contributed by atoms with van der Waals surface area (Å²) in [5.41, 5.74) is 4.83. The predicted molar refractivity (Wildman–Crippen MR) is 89.9 cm³/mol. The molecular weight excluding hydrogens is 260 g/mol. The lowest BCUT2D eigenvalue weighted by Crippen LogP contribution is -2.30. The molecule has 114 valence electrons. The number of aromatic nitrogens is 1. The summed E-state index contributed by atoms with van der Waals surface area (Å²) in [5.74, 6) is 7.10. The van der Waals surface area contributed by atoms with Gasteiger partial charge in [0.2, 0.25) is 0 Å². The van der Waals surface area contributed by atoms with E-state index in [1.807, 2.05) is 18.2 Å². The molecule has 3 N–H and O–H groups in total. The highest BCUT2D eigenvalue weighted by molar-refractivity contribution is 5.81. The molecule has 4 nitrogen and oxygen atoms in total. The summed E-state index contributed by atoms with van der Waals surface area (Å²) in [6.07, 6.45) is 1.18. The average Bonchev–Trinajstić information content (AvgIpc) is 2.45. The van der Waals surface area contributed by atoms with E-state index >= 15 is 0 Å². The van der Waals surface area contributed by atoms with Crippen molar-refractivity contribution in [3.63, 3.8) is 0 Å². The fourth-order valence-electron chi connectivity index (χ4n) is 2.69. The number of nitrogens with zero attached hydrogens (tertiary/aromatic N) is 2. The van der Waals surface area contributed by atoms with Crippen LogP contribution in [0.25, 0.3) is 10.9 Å². The number of hydrogen-bond acceptors (Lipinski definition) is 4. The largest absolute Gasteiger partial charge is 0.308 e. The zero-order chi connectivity index (χ0) is 15.4. The Labute approximate surface area is 127 Å². The molecule has 1 heterocycles. The number of fused-ring (bicyclic) bond motifs is 1. The van der Waals surface area contributed by atoms with Crippen LogP contribution in [0.15, 0.2) is 30.3 Å². The van der Waals surface area contributed by atoms with Gasteiger partial charge in [0.05, 0.1) is 5.52 Å². The van der Waals surface area contributed by atoms with Crippen LogP contribution in [0.2, 0.25) is 0 Å². The number of nitrogen functional groups attached to an aromatic ring is 1. The SMILES string of the molecule is CC(C)CC(C)N(C)Cc1cc2ccccc2nc1NN. The van der Waals surface area contributed by atoms with Crippen molar-refractivity contribution in [1.29, 1.82) is 0 Å². The molecule has 1 unspecified atom stereocenters. The normalized spacial score (nSPS) is 13.1. The zero-order valence-corrected chi connectivity index (χ0v) is 13.4. The molecule has 1 atom stereocenters. The number of benzene rings is 1. The molecule has 0 saturated carbocycles. The molecule has 1 aromatic carbocycles. The lowest BCUT2D eigenvalue weighted by Gasteiger charge is -2.26. The molecule has 1 aromatic heterocycles. The summed E-state index contributed by atoms with van der Waals surface area (Å²) < 4.78 is 0. The summed E-state index contributed by atoms with van der Waals surface area (Å²) >= 11 is 0. The van der Waals surface area contributed by atoms with E-state index in [1.165, 1.54) is 6.42 Å². The minimum absolute atomic E-state index is 0.530. The first-order valence-corrected chi connectivity index (χ1v) is 7.56. The number of hydrogen-bond donors (Lipinski definition) is 2. The van der Waals surface area contributed by atoms with Gasteiger partial charge in [0, 0.05) is 23.5 Å². The Morgan fingerprint density at radius 3 is 2.62 bits per heavy atom. The van der Waals surface area contributed by atoms with Crippen LogP contribution in [-0.4, -0.2) is 23.0 Å². The van der Waals surface area contributed by atoms with E-state index in [1.54, 1.807) is 0 Å². The third-order valence-corrected chi connectivity index (χ3v) is 3.92. The molecule has 2 rings (SSSR count). The van der Waals surface area contributed by atoms with Gasteiger partial charge in [-0.25, -0.2) is 10.8 Å².